The Morgan fingerprint density at radius 3 is 1.20 bits per heavy atom. The lowest BCUT2D eigenvalue weighted by molar-refractivity contribution is 0.377. The highest BCUT2D eigenvalue weighted by molar-refractivity contribution is 6.09. The molecule has 10 rings (SSSR count). The molecule has 0 fully saturated rings. The molecule has 0 aliphatic heterocycles. The van der Waals surface area contributed by atoms with Crippen molar-refractivity contribution in [3.63, 3.8) is 0 Å². The number of hydrogen-bond acceptors (Lipinski definition) is 5. The maximum absolute atomic E-state index is 11.8. The standard InChI is InChI=1S/C54H38N2O4/c57-51-49(40-24-22-37(23-25-40)35-12-3-1-4-13-35)52(58)54(60)50(53(51)59)55(42-30-26-38(27-31-42)36-14-5-2-6-15-36)43-32-28-39(29-33-43)41-16-11-17-44(34-41)56-47-20-9-7-18-45(47)46-19-8-10-21-48(46)56/h1-34,57-60H. The fourth-order valence-electron chi connectivity index (χ4n) is 8.30. The van der Waals surface area contributed by atoms with Gasteiger partial charge in [0.05, 0.1) is 16.6 Å². The molecule has 10 aromatic rings. The van der Waals surface area contributed by atoms with Gasteiger partial charge in [-0.25, -0.2) is 0 Å². The van der Waals surface area contributed by atoms with Crippen LogP contribution in [0.25, 0.3) is 72.0 Å². The number of aromatic hydroxyl groups is 4. The molecule has 0 radical (unpaired) electrons. The molecule has 6 nitrogen and oxygen atoms in total. The summed E-state index contributed by atoms with van der Waals surface area (Å²) in [5.41, 5.74) is 10.5. The first-order valence-corrected chi connectivity index (χ1v) is 19.7. The van der Waals surface area contributed by atoms with E-state index in [1.807, 2.05) is 121 Å². The van der Waals surface area contributed by atoms with Crippen LogP contribution in [0.3, 0.4) is 0 Å². The number of benzene rings is 9. The Balaban J connectivity index is 1.06. The Hall–Kier alpha value is -8.22. The summed E-state index contributed by atoms with van der Waals surface area (Å²) in [4.78, 5) is 1.64. The number of anilines is 3. The van der Waals surface area contributed by atoms with Crippen molar-refractivity contribution in [3.05, 3.63) is 206 Å². The maximum Gasteiger partial charge on any atom is 0.186 e. The fraction of sp³-hybridized carbons (Fsp3) is 0. The van der Waals surface area contributed by atoms with Gasteiger partial charge in [0.1, 0.15) is 5.69 Å². The molecule has 0 saturated heterocycles. The third kappa shape index (κ3) is 6.24. The molecule has 0 saturated carbocycles. The van der Waals surface area contributed by atoms with Crippen LogP contribution in [-0.4, -0.2) is 25.0 Å². The van der Waals surface area contributed by atoms with Gasteiger partial charge >= 0.3 is 0 Å². The third-order valence-corrected chi connectivity index (χ3v) is 11.3. The second-order valence-corrected chi connectivity index (χ2v) is 14.8. The van der Waals surface area contributed by atoms with Gasteiger partial charge in [-0.2, -0.15) is 0 Å². The molecule has 288 valence electrons. The number of fused-ring (bicyclic) bond motifs is 3. The predicted molar refractivity (Wildman–Crippen MR) is 244 cm³/mol. The van der Waals surface area contributed by atoms with Crippen LogP contribution in [0.5, 0.6) is 23.0 Å². The van der Waals surface area contributed by atoms with Gasteiger partial charge in [0, 0.05) is 27.8 Å². The minimum atomic E-state index is -0.581. The quantitative estimate of drug-likeness (QED) is 0.0911. The van der Waals surface area contributed by atoms with E-state index in [0.29, 0.717) is 16.9 Å². The zero-order valence-corrected chi connectivity index (χ0v) is 32.3. The van der Waals surface area contributed by atoms with Gasteiger partial charge in [-0.15, -0.1) is 0 Å². The average molecular weight is 779 g/mol. The van der Waals surface area contributed by atoms with E-state index in [4.69, 9.17) is 0 Å². The van der Waals surface area contributed by atoms with E-state index in [1.54, 1.807) is 17.0 Å². The first-order chi connectivity index (χ1) is 29.4. The molecular weight excluding hydrogens is 741 g/mol. The molecule has 6 heteroatoms. The lowest BCUT2D eigenvalue weighted by Crippen LogP contribution is -2.11. The van der Waals surface area contributed by atoms with Gasteiger partial charge in [0.2, 0.25) is 0 Å². The van der Waals surface area contributed by atoms with Crippen LogP contribution >= 0.6 is 0 Å². The monoisotopic (exact) mass is 778 g/mol. The van der Waals surface area contributed by atoms with Gasteiger partial charge in [-0.1, -0.05) is 158 Å². The zero-order chi connectivity index (χ0) is 40.7. The van der Waals surface area contributed by atoms with Gasteiger partial charge in [-0.05, 0) is 87.5 Å². The van der Waals surface area contributed by atoms with Crippen molar-refractivity contribution in [2.24, 2.45) is 0 Å². The van der Waals surface area contributed by atoms with Crippen molar-refractivity contribution in [2.45, 2.75) is 0 Å². The predicted octanol–water partition coefficient (Wildman–Crippen LogP) is 13.7. The summed E-state index contributed by atoms with van der Waals surface area (Å²) < 4.78 is 2.29. The van der Waals surface area contributed by atoms with E-state index < -0.39 is 23.0 Å². The van der Waals surface area contributed by atoms with Crippen LogP contribution in [0.4, 0.5) is 17.1 Å². The summed E-state index contributed by atoms with van der Waals surface area (Å²) in [6.45, 7) is 0. The van der Waals surface area contributed by atoms with Crippen LogP contribution in [0.1, 0.15) is 0 Å². The van der Waals surface area contributed by atoms with Crippen molar-refractivity contribution in [3.8, 4) is 73.2 Å². The Morgan fingerprint density at radius 1 is 0.317 bits per heavy atom. The second kappa shape index (κ2) is 14.9. The molecule has 9 aromatic carbocycles. The van der Waals surface area contributed by atoms with Crippen molar-refractivity contribution < 1.29 is 20.4 Å². The topological polar surface area (TPSA) is 89.1 Å². The highest BCUT2D eigenvalue weighted by atomic mass is 16.3. The number of aromatic nitrogens is 1. The summed E-state index contributed by atoms with van der Waals surface area (Å²) in [6, 6.07) is 67.8. The van der Waals surface area contributed by atoms with E-state index in [9.17, 15) is 20.4 Å². The smallest absolute Gasteiger partial charge is 0.186 e. The number of hydrogen-bond donors (Lipinski definition) is 4. The molecular formula is C54H38N2O4. The largest absolute Gasteiger partial charge is 0.504 e. The van der Waals surface area contributed by atoms with E-state index in [2.05, 4.69) is 77.4 Å². The molecule has 0 aliphatic carbocycles. The van der Waals surface area contributed by atoms with Crippen LogP contribution in [0.2, 0.25) is 0 Å². The molecule has 0 atom stereocenters. The van der Waals surface area contributed by atoms with Crippen molar-refractivity contribution in [1.29, 1.82) is 0 Å². The lowest BCUT2D eigenvalue weighted by Gasteiger charge is -2.28. The summed E-state index contributed by atoms with van der Waals surface area (Å²) >= 11 is 0. The molecule has 0 unspecified atom stereocenters. The Morgan fingerprint density at radius 2 is 0.700 bits per heavy atom. The third-order valence-electron chi connectivity index (χ3n) is 11.3. The lowest BCUT2D eigenvalue weighted by atomic mass is 9.97. The number of rotatable bonds is 8. The Labute approximate surface area is 347 Å². The molecule has 1 aromatic heterocycles. The zero-order valence-electron chi connectivity index (χ0n) is 32.3. The maximum atomic E-state index is 11.8. The van der Waals surface area contributed by atoms with Gasteiger partial charge in [0.25, 0.3) is 0 Å². The fourth-order valence-corrected chi connectivity index (χ4v) is 8.30. The average Bonchev–Trinajstić information content (AvgIpc) is 3.65. The molecule has 60 heavy (non-hydrogen) atoms. The summed E-state index contributed by atoms with van der Waals surface area (Å²) in [7, 11) is 0. The summed E-state index contributed by atoms with van der Waals surface area (Å²) in [6.07, 6.45) is 0. The molecule has 0 amide bonds. The van der Waals surface area contributed by atoms with E-state index >= 15 is 0 Å². The number of phenols is 4. The van der Waals surface area contributed by atoms with E-state index in [-0.39, 0.29) is 11.3 Å². The van der Waals surface area contributed by atoms with E-state index in [1.165, 1.54) is 10.8 Å². The van der Waals surface area contributed by atoms with Crippen molar-refractivity contribution >= 4 is 38.9 Å². The van der Waals surface area contributed by atoms with Crippen molar-refractivity contribution in [2.75, 3.05) is 4.90 Å². The SMILES string of the molecule is Oc1c(O)c(N(c2ccc(-c3ccccc3)cc2)c2ccc(-c3cccc(-n4c5ccccc5c5ccccc54)c3)cc2)c(O)c(O)c1-c1ccc(-c2ccccc2)cc1. The summed E-state index contributed by atoms with van der Waals surface area (Å²) in [5, 5.41) is 49.3. The molecule has 0 aliphatic rings. The Kier molecular flexibility index (Phi) is 9.00. The van der Waals surface area contributed by atoms with Crippen molar-refractivity contribution in [1.82, 2.24) is 4.57 Å². The van der Waals surface area contributed by atoms with Gasteiger partial charge in [0.15, 0.2) is 23.0 Å². The highest BCUT2D eigenvalue weighted by Crippen LogP contribution is 2.58. The minimum absolute atomic E-state index is 0.0776. The van der Waals surface area contributed by atoms with Crippen LogP contribution in [-0.2, 0) is 0 Å². The van der Waals surface area contributed by atoms with Gasteiger partial charge < -0.3 is 29.9 Å². The van der Waals surface area contributed by atoms with Crippen LogP contribution < -0.4 is 4.90 Å². The summed E-state index contributed by atoms with van der Waals surface area (Å²) in [5.74, 6) is -2.28. The number of phenolic OH excluding ortho intramolecular Hbond substituents is 4. The highest BCUT2D eigenvalue weighted by Gasteiger charge is 2.30. The number of nitrogens with zero attached hydrogens (tertiary/aromatic N) is 2. The minimum Gasteiger partial charge on any atom is -0.504 e. The molecule has 4 N–H and O–H groups in total. The molecule has 1 heterocycles. The Bertz CT molecular complexity index is 3080. The van der Waals surface area contributed by atoms with Gasteiger partial charge in [-0.3, -0.25) is 0 Å². The van der Waals surface area contributed by atoms with E-state index in [0.717, 1.165) is 50.1 Å². The second-order valence-electron chi connectivity index (χ2n) is 14.8. The first kappa shape index (κ1) is 36.1. The first-order valence-electron chi connectivity index (χ1n) is 19.7. The molecule has 0 bridgehead atoms. The molecule has 0 spiro atoms. The number of para-hydroxylation sites is 2. The normalized spacial score (nSPS) is 11.3. The van der Waals surface area contributed by atoms with Crippen LogP contribution in [0.15, 0.2) is 206 Å². The van der Waals surface area contributed by atoms with Crippen LogP contribution in [0, 0.1) is 0 Å².